The largest absolute Gasteiger partial charge is 0.492 e. The van der Waals surface area contributed by atoms with E-state index in [0.29, 0.717) is 6.61 Å². The van der Waals surface area contributed by atoms with Crippen molar-refractivity contribution in [3.05, 3.63) is 59.7 Å². The number of ether oxygens (including phenoxy) is 2. The molecule has 2 aromatic carbocycles. The minimum absolute atomic E-state index is 0.237. The lowest BCUT2D eigenvalue weighted by atomic mass is 10.1. The molecule has 0 fully saturated rings. The van der Waals surface area contributed by atoms with Crippen LogP contribution >= 0.6 is 0 Å². The quantitative estimate of drug-likeness (QED) is 0.827. The van der Waals surface area contributed by atoms with E-state index in [4.69, 9.17) is 9.47 Å². The summed E-state index contributed by atoms with van der Waals surface area (Å²) in [6.07, 6.45) is 1.23. The second-order valence-electron chi connectivity index (χ2n) is 5.42. The average Bonchev–Trinajstić information content (AvgIpc) is 2.89. The van der Waals surface area contributed by atoms with E-state index in [-0.39, 0.29) is 6.10 Å². The first-order chi connectivity index (χ1) is 10.3. The fourth-order valence-corrected chi connectivity index (χ4v) is 2.58. The number of para-hydroxylation sites is 1. The molecule has 0 spiro atoms. The van der Waals surface area contributed by atoms with Crippen molar-refractivity contribution in [1.82, 2.24) is 5.32 Å². The average molecular weight is 283 g/mol. The molecule has 0 amide bonds. The summed E-state index contributed by atoms with van der Waals surface area (Å²) in [5, 5.41) is 3.40. The van der Waals surface area contributed by atoms with E-state index in [1.165, 1.54) is 11.1 Å². The standard InChI is InChI=1S/C18H21NO2/c1-14-5-4-7-16(11-14)20-10-9-19-13-17-12-15-6-2-3-8-18(15)21-17/h2-8,11,17,19H,9-10,12-13H2,1H3. The molecule has 1 atom stereocenters. The van der Waals surface area contributed by atoms with Gasteiger partial charge in [-0.25, -0.2) is 0 Å². The first-order valence-corrected chi connectivity index (χ1v) is 7.46. The second kappa shape index (κ2) is 6.64. The zero-order chi connectivity index (χ0) is 14.5. The van der Waals surface area contributed by atoms with E-state index in [2.05, 4.69) is 36.5 Å². The molecule has 3 rings (SSSR count). The Bertz CT molecular complexity index is 572. The molecule has 0 bridgehead atoms. The van der Waals surface area contributed by atoms with Crippen LogP contribution in [0.15, 0.2) is 48.5 Å². The summed E-state index contributed by atoms with van der Waals surface area (Å²) in [4.78, 5) is 0. The van der Waals surface area contributed by atoms with Gasteiger partial charge in [0.1, 0.15) is 24.2 Å². The highest BCUT2D eigenvalue weighted by Crippen LogP contribution is 2.27. The number of benzene rings is 2. The van der Waals surface area contributed by atoms with E-state index in [1.54, 1.807) is 0 Å². The molecule has 0 saturated carbocycles. The third kappa shape index (κ3) is 3.76. The number of hydrogen-bond donors (Lipinski definition) is 1. The second-order valence-corrected chi connectivity index (χ2v) is 5.42. The van der Waals surface area contributed by atoms with Crippen LogP contribution in [0.3, 0.4) is 0 Å². The van der Waals surface area contributed by atoms with Crippen molar-refractivity contribution < 1.29 is 9.47 Å². The zero-order valence-electron chi connectivity index (χ0n) is 12.3. The normalized spacial score (nSPS) is 16.3. The highest BCUT2D eigenvalue weighted by molar-refractivity contribution is 5.37. The molecular weight excluding hydrogens is 262 g/mol. The monoisotopic (exact) mass is 283 g/mol. The van der Waals surface area contributed by atoms with Crippen LogP contribution < -0.4 is 14.8 Å². The maximum atomic E-state index is 5.88. The molecule has 3 nitrogen and oxygen atoms in total. The van der Waals surface area contributed by atoms with Gasteiger partial charge in [-0.05, 0) is 36.2 Å². The lowest BCUT2D eigenvalue weighted by Gasteiger charge is -2.12. The lowest BCUT2D eigenvalue weighted by molar-refractivity contribution is 0.222. The van der Waals surface area contributed by atoms with Crippen LogP contribution in [0.1, 0.15) is 11.1 Å². The SMILES string of the molecule is Cc1cccc(OCCNCC2Cc3ccccc3O2)c1. The molecule has 3 heteroatoms. The Balaban J connectivity index is 1.35. The molecule has 2 aromatic rings. The molecule has 0 saturated heterocycles. The van der Waals surface area contributed by atoms with Gasteiger partial charge in [0.05, 0.1) is 0 Å². The molecular formula is C18H21NO2. The van der Waals surface area contributed by atoms with Crippen molar-refractivity contribution in [3.8, 4) is 11.5 Å². The molecule has 0 aromatic heterocycles. The summed E-state index contributed by atoms with van der Waals surface area (Å²) in [5.74, 6) is 1.96. The number of nitrogens with one attached hydrogen (secondary N) is 1. The van der Waals surface area contributed by atoms with Gasteiger partial charge >= 0.3 is 0 Å². The van der Waals surface area contributed by atoms with Crippen molar-refractivity contribution in [3.63, 3.8) is 0 Å². The van der Waals surface area contributed by atoms with Gasteiger partial charge in [0.25, 0.3) is 0 Å². The van der Waals surface area contributed by atoms with Crippen molar-refractivity contribution >= 4 is 0 Å². The highest BCUT2D eigenvalue weighted by atomic mass is 16.5. The molecule has 21 heavy (non-hydrogen) atoms. The van der Waals surface area contributed by atoms with Crippen molar-refractivity contribution in [2.45, 2.75) is 19.4 Å². The van der Waals surface area contributed by atoms with E-state index in [0.717, 1.165) is 31.0 Å². The molecule has 1 aliphatic rings. The van der Waals surface area contributed by atoms with Gasteiger partial charge in [-0.1, -0.05) is 30.3 Å². The van der Waals surface area contributed by atoms with Gasteiger partial charge in [-0.2, -0.15) is 0 Å². The smallest absolute Gasteiger partial charge is 0.123 e. The maximum Gasteiger partial charge on any atom is 0.123 e. The number of fused-ring (bicyclic) bond motifs is 1. The van der Waals surface area contributed by atoms with Crippen LogP contribution in [0.25, 0.3) is 0 Å². The van der Waals surface area contributed by atoms with E-state index >= 15 is 0 Å². The minimum atomic E-state index is 0.237. The fraction of sp³-hybridized carbons (Fsp3) is 0.333. The Morgan fingerprint density at radius 1 is 1.19 bits per heavy atom. The van der Waals surface area contributed by atoms with Gasteiger partial charge in [0.2, 0.25) is 0 Å². The molecule has 110 valence electrons. The number of rotatable bonds is 6. The predicted octanol–water partition coefficient (Wildman–Crippen LogP) is 2.97. The van der Waals surface area contributed by atoms with Gasteiger partial charge < -0.3 is 14.8 Å². The lowest BCUT2D eigenvalue weighted by Crippen LogP contribution is -2.32. The fourth-order valence-electron chi connectivity index (χ4n) is 2.58. The third-order valence-electron chi connectivity index (χ3n) is 3.62. The minimum Gasteiger partial charge on any atom is -0.492 e. The zero-order valence-corrected chi connectivity index (χ0v) is 12.3. The molecule has 1 aliphatic heterocycles. The summed E-state index contributed by atoms with van der Waals surface area (Å²) >= 11 is 0. The molecule has 0 radical (unpaired) electrons. The van der Waals surface area contributed by atoms with Crippen LogP contribution in [0, 0.1) is 6.92 Å². The molecule has 1 unspecified atom stereocenters. The molecule has 0 aliphatic carbocycles. The Labute approximate surface area is 125 Å². The first kappa shape index (κ1) is 14.0. The topological polar surface area (TPSA) is 30.5 Å². The molecule has 1 N–H and O–H groups in total. The number of hydrogen-bond acceptors (Lipinski definition) is 3. The third-order valence-corrected chi connectivity index (χ3v) is 3.62. The number of aryl methyl sites for hydroxylation is 1. The van der Waals surface area contributed by atoms with E-state index in [1.807, 2.05) is 24.3 Å². The van der Waals surface area contributed by atoms with Crippen LogP contribution in [0.4, 0.5) is 0 Å². The summed E-state index contributed by atoms with van der Waals surface area (Å²) in [7, 11) is 0. The molecule has 1 heterocycles. The summed E-state index contributed by atoms with van der Waals surface area (Å²) in [6.45, 7) is 4.42. The van der Waals surface area contributed by atoms with Crippen LogP contribution in [-0.2, 0) is 6.42 Å². The predicted molar refractivity (Wildman–Crippen MR) is 84.1 cm³/mol. The van der Waals surface area contributed by atoms with Gasteiger partial charge in [-0.15, -0.1) is 0 Å². The Morgan fingerprint density at radius 2 is 2.10 bits per heavy atom. The van der Waals surface area contributed by atoms with Crippen molar-refractivity contribution in [2.24, 2.45) is 0 Å². The van der Waals surface area contributed by atoms with Crippen LogP contribution in [0.5, 0.6) is 11.5 Å². The van der Waals surface area contributed by atoms with Crippen molar-refractivity contribution in [2.75, 3.05) is 19.7 Å². The summed E-state index contributed by atoms with van der Waals surface area (Å²) in [6, 6.07) is 16.4. The van der Waals surface area contributed by atoms with Crippen LogP contribution in [0.2, 0.25) is 0 Å². The van der Waals surface area contributed by atoms with Crippen molar-refractivity contribution in [1.29, 1.82) is 0 Å². The Hall–Kier alpha value is -2.00. The van der Waals surface area contributed by atoms with Crippen LogP contribution in [-0.4, -0.2) is 25.8 Å². The highest BCUT2D eigenvalue weighted by Gasteiger charge is 2.21. The van der Waals surface area contributed by atoms with E-state index in [9.17, 15) is 0 Å². The van der Waals surface area contributed by atoms with Gasteiger partial charge in [0.15, 0.2) is 0 Å². The maximum absolute atomic E-state index is 5.88. The van der Waals surface area contributed by atoms with Gasteiger partial charge in [0, 0.05) is 19.5 Å². The Kier molecular flexibility index (Phi) is 4.41. The van der Waals surface area contributed by atoms with Gasteiger partial charge in [-0.3, -0.25) is 0 Å². The first-order valence-electron chi connectivity index (χ1n) is 7.46. The van der Waals surface area contributed by atoms with E-state index < -0.39 is 0 Å². The summed E-state index contributed by atoms with van der Waals surface area (Å²) in [5.41, 5.74) is 2.53. The Morgan fingerprint density at radius 3 is 2.95 bits per heavy atom. The summed E-state index contributed by atoms with van der Waals surface area (Å²) < 4.78 is 11.6.